The smallest absolute Gasteiger partial charge is 0.229 e. The summed E-state index contributed by atoms with van der Waals surface area (Å²) in [7, 11) is 0. The van der Waals surface area contributed by atoms with Gasteiger partial charge in [-0.15, -0.1) is 0 Å². The number of hydrogen-bond donors (Lipinski definition) is 2. The number of nitrogens with one attached hydrogen (secondary N) is 2. The Morgan fingerprint density at radius 1 is 1.00 bits per heavy atom. The van der Waals surface area contributed by atoms with Crippen LogP contribution in [-0.4, -0.2) is 22.3 Å². The lowest BCUT2D eigenvalue weighted by Gasteiger charge is -2.10. The zero-order chi connectivity index (χ0) is 18.4. The minimum Gasteiger partial charge on any atom is -0.370 e. The van der Waals surface area contributed by atoms with Crippen LogP contribution in [0.2, 0.25) is 0 Å². The van der Waals surface area contributed by atoms with E-state index in [1.807, 2.05) is 43.3 Å². The summed E-state index contributed by atoms with van der Waals surface area (Å²) in [5.41, 5.74) is 3.69. The summed E-state index contributed by atoms with van der Waals surface area (Å²) in [6, 6.07) is 19.6. The topological polar surface area (TPSA) is 66.9 Å². The van der Waals surface area contributed by atoms with Gasteiger partial charge in [0.25, 0.3) is 0 Å². The van der Waals surface area contributed by atoms with Crippen LogP contribution in [0.4, 0.5) is 17.5 Å². The van der Waals surface area contributed by atoms with E-state index >= 15 is 0 Å². The van der Waals surface area contributed by atoms with Gasteiger partial charge in [-0.3, -0.25) is 4.79 Å². The maximum Gasteiger partial charge on any atom is 0.229 e. The summed E-state index contributed by atoms with van der Waals surface area (Å²) in [6.45, 7) is 4.29. The monoisotopic (exact) mass is 346 g/mol. The van der Waals surface area contributed by atoms with Crippen molar-refractivity contribution >= 4 is 23.2 Å². The molecule has 0 aliphatic heterocycles. The number of rotatable bonds is 7. The zero-order valence-corrected chi connectivity index (χ0v) is 15.0. The molecule has 0 fully saturated rings. The van der Waals surface area contributed by atoms with E-state index in [1.165, 1.54) is 5.56 Å². The number of benzene rings is 2. The van der Waals surface area contributed by atoms with Crippen LogP contribution in [0.1, 0.15) is 28.5 Å². The molecule has 0 saturated carbocycles. The van der Waals surface area contributed by atoms with Crippen molar-refractivity contribution in [2.24, 2.45) is 0 Å². The van der Waals surface area contributed by atoms with Crippen LogP contribution in [0.15, 0.2) is 60.7 Å². The molecule has 0 amide bonds. The third kappa shape index (κ3) is 4.89. The van der Waals surface area contributed by atoms with Gasteiger partial charge in [-0.05, 0) is 50.1 Å². The second-order valence-corrected chi connectivity index (χ2v) is 6.14. The highest BCUT2D eigenvalue weighted by molar-refractivity contribution is 5.94. The molecule has 1 aromatic heterocycles. The molecular weight excluding hydrogens is 324 g/mol. The van der Waals surface area contributed by atoms with E-state index in [0.717, 1.165) is 30.2 Å². The largest absolute Gasteiger partial charge is 0.370 e. The van der Waals surface area contributed by atoms with Gasteiger partial charge in [-0.25, -0.2) is 4.98 Å². The van der Waals surface area contributed by atoms with E-state index < -0.39 is 0 Å². The van der Waals surface area contributed by atoms with Crippen molar-refractivity contribution in [3.8, 4) is 0 Å². The Kier molecular flexibility index (Phi) is 5.59. The number of Topliss-reactive ketones (excluding diaryl/α,β-unsaturated/α-hetero) is 1. The van der Waals surface area contributed by atoms with Crippen molar-refractivity contribution in [2.75, 3.05) is 17.2 Å². The second-order valence-electron chi connectivity index (χ2n) is 6.14. The molecule has 132 valence electrons. The quantitative estimate of drug-likeness (QED) is 0.621. The first-order valence-corrected chi connectivity index (χ1v) is 8.62. The summed E-state index contributed by atoms with van der Waals surface area (Å²) in [5, 5.41) is 6.53. The Morgan fingerprint density at radius 3 is 2.42 bits per heavy atom. The summed E-state index contributed by atoms with van der Waals surface area (Å²) in [4.78, 5) is 20.3. The van der Waals surface area contributed by atoms with Gasteiger partial charge in [0.05, 0.1) is 0 Å². The second kappa shape index (κ2) is 8.25. The van der Waals surface area contributed by atoms with Gasteiger partial charge >= 0.3 is 0 Å². The molecule has 2 aromatic carbocycles. The lowest BCUT2D eigenvalue weighted by atomic mass is 10.1. The number of aromatic nitrogens is 2. The fraction of sp³-hybridized carbons (Fsp3) is 0.190. The maximum atomic E-state index is 11.4. The molecule has 0 atom stereocenters. The Morgan fingerprint density at radius 2 is 1.73 bits per heavy atom. The normalized spacial score (nSPS) is 10.4. The molecule has 3 aromatic rings. The molecule has 0 radical (unpaired) electrons. The molecule has 0 unspecified atom stereocenters. The highest BCUT2D eigenvalue weighted by atomic mass is 16.1. The average Bonchev–Trinajstić information content (AvgIpc) is 2.62. The lowest BCUT2D eigenvalue weighted by Crippen LogP contribution is -2.08. The zero-order valence-electron chi connectivity index (χ0n) is 15.0. The van der Waals surface area contributed by atoms with Crippen LogP contribution < -0.4 is 10.6 Å². The minimum atomic E-state index is 0.0493. The van der Waals surface area contributed by atoms with E-state index in [9.17, 15) is 4.79 Å². The predicted molar refractivity (Wildman–Crippen MR) is 105 cm³/mol. The fourth-order valence-corrected chi connectivity index (χ4v) is 2.61. The molecule has 0 spiro atoms. The van der Waals surface area contributed by atoms with Crippen molar-refractivity contribution in [3.63, 3.8) is 0 Å². The first-order valence-electron chi connectivity index (χ1n) is 8.62. The summed E-state index contributed by atoms with van der Waals surface area (Å²) in [5.74, 6) is 1.37. The Hall–Kier alpha value is -3.21. The molecule has 26 heavy (non-hydrogen) atoms. The SMILES string of the molecule is CC(=O)c1ccc(Nc2nc(C)cc(NCCc3ccccc3)n2)cc1. The van der Waals surface area contributed by atoms with Gasteiger partial charge in [0.1, 0.15) is 5.82 Å². The van der Waals surface area contributed by atoms with Crippen molar-refractivity contribution in [2.45, 2.75) is 20.3 Å². The van der Waals surface area contributed by atoms with Crippen LogP contribution in [0.25, 0.3) is 0 Å². The fourth-order valence-electron chi connectivity index (χ4n) is 2.61. The van der Waals surface area contributed by atoms with Gasteiger partial charge in [0.15, 0.2) is 5.78 Å². The molecule has 1 heterocycles. The van der Waals surface area contributed by atoms with Crippen LogP contribution >= 0.6 is 0 Å². The van der Waals surface area contributed by atoms with Gasteiger partial charge in [-0.2, -0.15) is 4.98 Å². The van der Waals surface area contributed by atoms with Crippen LogP contribution in [0.3, 0.4) is 0 Å². The molecule has 2 N–H and O–H groups in total. The van der Waals surface area contributed by atoms with E-state index in [1.54, 1.807) is 19.1 Å². The number of carbonyl (C=O) groups is 1. The van der Waals surface area contributed by atoms with Gasteiger partial charge in [0, 0.05) is 29.6 Å². The first-order chi connectivity index (χ1) is 12.6. The minimum absolute atomic E-state index is 0.0493. The third-order valence-corrected chi connectivity index (χ3v) is 3.96. The average molecular weight is 346 g/mol. The molecule has 0 aliphatic rings. The van der Waals surface area contributed by atoms with Gasteiger partial charge in [-0.1, -0.05) is 30.3 Å². The number of nitrogens with zero attached hydrogens (tertiary/aromatic N) is 2. The molecule has 5 nitrogen and oxygen atoms in total. The molecule has 0 bridgehead atoms. The van der Waals surface area contributed by atoms with Crippen LogP contribution in [0.5, 0.6) is 0 Å². The lowest BCUT2D eigenvalue weighted by molar-refractivity contribution is 0.101. The van der Waals surface area contributed by atoms with E-state index in [0.29, 0.717) is 11.5 Å². The highest BCUT2D eigenvalue weighted by Gasteiger charge is 2.04. The molecular formula is C21H22N4O. The van der Waals surface area contributed by atoms with E-state index in [4.69, 9.17) is 0 Å². The van der Waals surface area contributed by atoms with Gasteiger partial charge in [0.2, 0.25) is 5.95 Å². The Labute approximate surface area is 153 Å². The van der Waals surface area contributed by atoms with E-state index in [-0.39, 0.29) is 5.78 Å². The number of ketones is 1. The van der Waals surface area contributed by atoms with Crippen molar-refractivity contribution < 1.29 is 4.79 Å². The number of carbonyl (C=O) groups excluding carboxylic acids is 1. The standard InChI is InChI=1S/C21H22N4O/c1-15-14-20(22-13-12-17-6-4-3-5-7-17)25-21(23-15)24-19-10-8-18(9-11-19)16(2)26/h3-11,14H,12-13H2,1-2H3,(H2,22,23,24,25). The summed E-state index contributed by atoms with van der Waals surface area (Å²) >= 11 is 0. The number of hydrogen-bond acceptors (Lipinski definition) is 5. The highest BCUT2D eigenvalue weighted by Crippen LogP contribution is 2.17. The molecule has 3 rings (SSSR count). The van der Waals surface area contributed by atoms with Crippen molar-refractivity contribution in [1.82, 2.24) is 9.97 Å². The Balaban J connectivity index is 1.64. The summed E-state index contributed by atoms with van der Waals surface area (Å²) < 4.78 is 0. The summed E-state index contributed by atoms with van der Waals surface area (Å²) in [6.07, 6.45) is 0.930. The first kappa shape index (κ1) is 17.6. The van der Waals surface area contributed by atoms with Crippen molar-refractivity contribution in [1.29, 1.82) is 0 Å². The number of aryl methyl sites for hydroxylation is 1. The van der Waals surface area contributed by atoms with Crippen molar-refractivity contribution in [3.05, 3.63) is 77.5 Å². The molecule has 0 aliphatic carbocycles. The molecule has 0 saturated heterocycles. The predicted octanol–water partition coefficient (Wildman–Crippen LogP) is 4.39. The Bertz CT molecular complexity index is 876. The molecule has 5 heteroatoms. The van der Waals surface area contributed by atoms with Crippen LogP contribution in [-0.2, 0) is 6.42 Å². The third-order valence-electron chi connectivity index (χ3n) is 3.96. The van der Waals surface area contributed by atoms with Crippen LogP contribution in [0, 0.1) is 6.92 Å². The number of anilines is 3. The maximum absolute atomic E-state index is 11.4. The van der Waals surface area contributed by atoms with Gasteiger partial charge < -0.3 is 10.6 Å². The van der Waals surface area contributed by atoms with E-state index in [2.05, 4.69) is 32.7 Å².